The molecule has 6 nitrogen and oxygen atoms in total. The molecule has 0 aliphatic carbocycles. The van der Waals surface area contributed by atoms with E-state index < -0.39 is 0 Å². The number of H-pyrrole nitrogens is 1. The van der Waals surface area contributed by atoms with E-state index in [0.29, 0.717) is 17.5 Å². The number of likely N-dealkylation sites (tertiary alicyclic amines) is 2. The van der Waals surface area contributed by atoms with E-state index in [1.165, 1.54) is 0 Å². The molecule has 2 saturated heterocycles. The number of hydrogen-bond donors (Lipinski definition) is 1. The molecule has 2 aliphatic rings. The largest absolute Gasteiger partial charge is 0.343 e. The molecule has 6 heteroatoms. The van der Waals surface area contributed by atoms with Crippen LogP contribution in [0.4, 0.5) is 0 Å². The van der Waals surface area contributed by atoms with Gasteiger partial charge in [0.05, 0.1) is 5.52 Å². The summed E-state index contributed by atoms with van der Waals surface area (Å²) in [5.74, 6) is 1.36. The summed E-state index contributed by atoms with van der Waals surface area (Å²) in [5, 5.41) is 8.09. The van der Waals surface area contributed by atoms with Crippen molar-refractivity contribution in [3.8, 4) is 0 Å². The molecule has 132 valence electrons. The summed E-state index contributed by atoms with van der Waals surface area (Å²) in [6.45, 7) is 4.97. The van der Waals surface area contributed by atoms with Crippen molar-refractivity contribution in [1.29, 1.82) is 0 Å². The summed E-state index contributed by atoms with van der Waals surface area (Å²) in [7, 11) is 0. The van der Waals surface area contributed by atoms with Crippen LogP contribution in [0.2, 0.25) is 0 Å². The van der Waals surface area contributed by atoms with Crippen LogP contribution < -0.4 is 0 Å². The van der Waals surface area contributed by atoms with Gasteiger partial charge in [-0.15, -0.1) is 0 Å². The average molecular weight is 340 g/mol. The predicted octanol–water partition coefficient (Wildman–Crippen LogP) is 2.28. The Morgan fingerprint density at radius 2 is 1.72 bits per heavy atom. The summed E-state index contributed by atoms with van der Waals surface area (Å²) in [6.07, 6.45) is 3.16. The van der Waals surface area contributed by atoms with Gasteiger partial charge in [-0.25, -0.2) is 0 Å². The summed E-state index contributed by atoms with van der Waals surface area (Å²) >= 11 is 0. The first-order valence-electron chi connectivity index (χ1n) is 9.11. The van der Waals surface area contributed by atoms with Crippen LogP contribution in [0.5, 0.6) is 0 Å². The van der Waals surface area contributed by atoms with E-state index in [1.807, 2.05) is 34.1 Å². The molecule has 0 spiro atoms. The highest BCUT2D eigenvalue weighted by Crippen LogP contribution is 2.32. The van der Waals surface area contributed by atoms with Crippen molar-refractivity contribution in [2.24, 2.45) is 11.8 Å². The molecule has 3 heterocycles. The zero-order valence-electron chi connectivity index (χ0n) is 14.6. The van der Waals surface area contributed by atoms with Crippen molar-refractivity contribution in [2.75, 3.05) is 26.2 Å². The molecule has 0 radical (unpaired) electrons. The predicted molar refractivity (Wildman–Crippen MR) is 95.1 cm³/mol. The van der Waals surface area contributed by atoms with E-state index in [9.17, 15) is 9.59 Å². The van der Waals surface area contributed by atoms with Gasteiger partial charge in [-0.1, -0.05) is 18.2 Å². The van der Waals surface area contributed by atoms with Crippen molar-refractivity contribution in [3.05, 3.63) is 30.0 Å². The van der Waals surface area contributed by atoms with Crippen LogP contribution in [0.1, 0.15) is 36.7 Å². The number of rotatable bonds is 2. The Labute approximate surface area is 147 Å². The number of benzene rings is 1. The van der Waals surface area contributed by atoms with E-state index in [0.717, 1.165) is 56.3 Å². The lowest BCUT2D eigenvalue weighted by molar-refractivity contribution is -0.130. The maximum Gasteiger partial charge on any atom is 0.275 e. The van der Waals surface area contributed by atoms with Gasteiger partial charge in [0.25, 0.3) is 5.91 Å². The number of para-hydroxylation sites is 1. The van der Waals surface area contributed by atoms with Gasteiger partial charge in [0.2, 0.25) is 5.91 Å². The van der Waals surface area contributed by atoms with E-state index in [1.54, 1.807) is 6.92 Å². The van der Waals surface area contributed by atoms with Crippen LogP contribution in [0, 0.1) is 11.8 Å². The van der Waals surface area contributed by atoms with E-state index in [-0.39, 0.29) is 11.8 Å². The van der Waals surface area contributed by atoms with Crippen molar-refractivity contribution in [2.45, 2.75) is 26.2 Å². The average Bonchev–Trinajstić information content (AvgIpc) is 3.29. The first kappa shape index (κ1) is 16.1. The van der Waals surface area contributed by atoms with E-state index in [2.05, 4.69) is 10.2 Å². The van der Waals surface area contributed by atoms with Crippen molar-refractivity contribution >= 4 is 22.7 Å². The molecule has 2 aromatic rings. The first-order valence-corrected chi connectivity index (χ1v) is 9.11. The lowest BCUT2D eigenvalue weighted by Gasteiger charge is -2.34. The molecule has 2 fully saturated rings. The lowest BCUT2D eigenvalue weighted by Crippen LogP contribution is -2.39. The summed E-state index contributed by atoms with van der Waals surface area (Å²) in [4.78, 5) is 28.2. The Hall–Kier alpha value is -2.37. The van der Waals surface area contributed by atoms with Crippen molar-refractivity contribution in [1.82, 2.24) is 20.0 Å². The molecule has 1 unspecified atom stereocenters. The zero-order chi connectivity index (χ0) is 17.4. The van der Waals surface area contributed by atoms with Gasteiger partial charge in [-0.3, -0.25) is 14.7 Å². The molecule has 1 atom stereocenters. The number of carbonyl (C=O) groups is 2. The van der Waals surface area contributed by atoms with Crippen LogP contribution in [-0.4, -0.2) is 58.0 Å². The lowest BCUT2D eigenvalue weighted by atomic mass is 9.84. The topological polar surface area (TPSA) is 69.3 Å². The number of fused-ring (bicyclic) bond motifs is 1. The van der Waals surface area contributed by atoms with Crippen molar-refractivity contribution in [3.63, 3.8) is 0 Å². The highest BCUT2D eigenvalue weighted by Gasteiger charge is 2.35. The molecule has 1 aromatic carbocycles. The number of hydrogen-bond acceptors (Lipinski definition) is 3. The minimum absolute atomic E-state index is 0.0288. The second-order valence-electron chi connectivity index (χ2n) is 7.26. The molecular formula is C19H24N4O2. The van der Waals surface area contributed by atoms with Crippen molar-refractivity contribution < 1.29 is 9.59 Å². The van der Waals surface area contributed by atoms with Gasteiger partial charge in [0.15, 0.2) is 5.69 Å². The summed E-state index contributed by atoms with van der Waals surface area (Å²) < 4.78 is 0. The first-order chi connectivity index (χ1) is 12.1. The maximum absolute atomic E-state index is 12.9. The Balaban J connectivity index is 1.41. The Morgan fingerprint density at radius 3 is 2.48 bits per heavy atom. The normalized spacial score (nSPS) is 21.9. The van der Waals surface area contributed by atoms with Crippen LogP contribution in [-0.2, 0) is 4.79 Å². The van der Waals surface area contributed by atoms with Gasteiger partial charge < -0.3 is 9.80 Å². The number of aromatic nitrogens is 2. The number of carbonyl (C=O) groups excluding carboxylic acids is 2. The second kappa shape index (κ2) is 6.50. The van der Waals surface area contributed by atoms with Gasteiger partial charge in [-0.2, -0.15) is 5.10 Å². The summed E-state index contributed by atoms with van der Waals surface area (Å²) in [5.41, 5.74) is 1.43. The number of amides is 2. The van der Waals surface area contributed by atoms with Gasteiger partial charge >= 0.3 is 0 Å². The number of piperidine rings is 1. The zero-order valence-corrected chi connectivity index (χ0v) is 14.6. The van der Waals surface area contributed by atoms with Crippen LogP contribution >= 0.6 is 0 Å². The highest BCUT2D eigenvalue weighted by atomic mass is 16.2. The van der Waals surface area contributed by atoms with Gasteiger partial charge in [-0.05, 0) is 37.2 Å². The van der Waals surface area contributed by atoms with Crippen LogP contribution in [0.15, 0.2) is 24.3 Å². The highest BCUT2D eigenvalue weighted by molar-refractivity contribution is 6.04. The SMILES string of the molecule is CC(=O)N1CCC(C2CCN(C(=O)c3n[nH]c4ccccc34)C2)CC1. The second-order valence-corrected chi connectivity index (χ2v) is 7.26. The Kier molecular flexibility index (Phi) is 4.19. The molecule has 1 aromatic heterocycles. The fraction of sp³-hybridized carbons (Fsp3) is 0.526. The van der Waals surface area contributed by atoms with E-state index >= 15 is 0 Å². The molecule has 0 bridgehead atoms. The number of aromatic amines is 1. The third kappa shape index (κ3) is 3.01. The van der Waals surface area contributed by atoms with Gasteiger partial charge in [0, 0.05) is 38.5 Å². The number of nitrogens with one attached hydrogen (secondary N) is 1. The smallest absolute Gasteiger partial charge is 0.275 e. The molecule has 1 N–H and O–H groups in total. The number of nitrogens with zero attached hydrogens (tertiary/aromatic N) is 3. The minimum atomic E-state index is 0.0288. The minimum Gasteiger partial charge on any atom is -0.343 e. The maximum atomic E-state index is 12.9. The quantitative estimate of drug-likeness (QED) is 0.912. The standard InChI is InChI=1S/C19H24N4O2/c1-13(24)22-9-6-14(7-10-22)15-8-11-23(12-15)19(25)18-16-4-2-3-5-17(16)20-21-18/h2-5,14-15H,6-12H2,1H3,(H,20,21). The molecule has 25 heavy (non-hydrogen) atoms. The van der Waals surface area contributed by atoms with Crippen LogP contribution in [0.3, 0.4) is 0 Å². The Morgan fingerprint density at radius 1 is 1.04 bits per heavy atom. The fourth-order valence-corrected chi connectivity index (χ4v) is 4.32. The molecule has 2 amide bonds. The monoisotopic (exact) mass is 340 g/mol. The third-order valence-electron chi connectivity index (χ3n) is 5.84. The van der Waals surface area contributed by atoms with E-state index in [4.69, 9.17) is 0 Å². The third-order valence-corrected chi connectivity index (χ3v) is 5.84. The Bertz CT molecular complexity index is 792. The fourth-order valence-electron chi connectivity index (χ4n) is 4.32. The molecule has 2 aliphatic heterocycles. The summed E-state index contributed by atoms with van der Waals surface area (Å²) in [6, 6.07) is 7.75. The molecule has 0 saturated carbocycles. The van der Waals surface area contributed by atoms with Gasteiger partial charge in [0.1, 0.15) is 0 Å². The molecule has 4 rings (SSSR count). The molecular weight excluding hydrogens is 316 g/mol. The van der Waals surface area contributed by atoms with Crippen LogP contribution in [0.25, 0.3) is 10.9 Å².